The molecule has 1 aromatic carbocycles. The number of fused-ring (bicyclic) bond motifs is 2. The standard InChI is InChI=1S/C17H12N4O.C2H6.Y/c1-11-13-8-12-4-2-3-5-15(12)20-16(13)14(9-19-11)17(22)21-7-6-18-10-21;1-2;/h2-10H,1H2,(H,19,20,22);1-2H3;/p-1. The van der Waals surface area contributed by atoms with Crippen LogP contribution in [0.2, 0.25) is 0 Å². The summed E-state index contributed by atoms with van der Waals surface area (Å²) in [6.45, 7) is 7.94. The van der Waals surface area contributed by atoms with Crippen molar-refractivity contribution >= 4 is 28.1 Å². The molecule has 0 aliphatic carbocycles. The van der Waals surface area contributed by atoms with Crippen LogP contribution in [0.15, 0.2) is 61.8 Å². The van der Waals surface area contributed by atoms with Crippen molar-refractivity contribution in [1.82, 2.24) is 14.5 Å². The third kappa shape index (κ3) is 3.62. The van der Waals surface area contributed by atoms with Crippen LogP contribution in [0, 0.1) is 0 Å². The van der Waals surface area contributed by atoms with Crippen molar-refractivity contribution in [3.8, 4) is 0 Å². The zero-order valence-corrected chi connectivity index (χ0v) is 17.0. The van der Waals surface area contributed by atoms with Gasteiger partial charge in [0.2, 0.25) is 0 Å². The van der Waals surface area contributed by atoms with Crippen LogP contribution in [-0.4, -0.2) is 20.4 Å². The summed E-state index contributed by atoms with van der Waals surface area (Å²) in [5.74, 6) is -0.210. The fourth-order valence-corrected chi connectivity index (χ4v) is 2.49. The fourth-order valence-electron chi connectivity index (χ4n) is 2.49. The predicted octanol–water partition coefficient (Wildman–Crippen LogP) is 4.49. The first-order valence-electron chi connectivity index (χ1n) is 7.77. The number of imidazole rings is 1. The molecule has 1 radical (unpaired) electrons. The molecule has 0 saturated carbocycles. The van der Waals surface area contributed by atoms with Gasteiger partial charge >= 0.3 is 0 Å². The van der Waals surface area contributed by atoms with Gasteiger partial charge in [-0.05, 0) is 17.7 Å². The van der Waals surface area contributed by atoms with Gasteiger partial charge in [0.25, 0.3) is 5.91 Å². The molecule has 0 N–H and O–H groups in total. The molecular weight excluding hydrogens is 389 g/mol. The molecule has 0 saturated heterocycles. The molecule has 4 rings (SSSR count). The first-order valence-corrected chi connectivity index (χ1v) is 7.77. The molecule has 3 heterocycles. The number of hydrogen-bond donors (Lipinski definition) is 0. The van der Waals surface area contributed by atoms with E-state index >= 15 is 0 Å². The summed E-state index contributed by atoms with van der Waals surface area (Å²) in [5, 5.41) is 5.23. The van der Waals surface area contributed by atoms with Crippen molar-refractivity contribution in [1.29, 1.82) is 0 Å². The minimum atomic E-state index is -0.210. The van der Waals surface area contributed by atoms with E-state index in [1.165, 1.54) is 17.1 Å². The molecule has 1 aliphatic rings. The van der Waals surface area contributed by atoms with E-state index in [-0.39, 0.29) is 38.6 Å². The molecule has 5 nitrogen and oxygen atoms in total. The molecular formula is C19H17N4OY-. The maximum absolute atomic E-state index is 12.6. The quantitative estimate of drug-likeness (QED) is 0.598. The molecule has 123 valence electrons. The van der Waals surface area contributed by atoms with Gasteiger partial charge in [0, 0.05) is 56.1 Å². The number of nitrogens with zero attached hydrogens (tertiary/aromatic N) is 4. The van der Waals surface area contributed by atoms with Gasteiger partial charge in [0.05, 0.1) is 11.2 Å². The largest absolute Gasteiger partial charge is 0.663 e. The van der Waals surface area contributed by atoms with Gasteiger partial charge < -0.3 is 5.32 Å². The van der Waals surface area contributed by atoms with E-state index in [2.05, 4.69) is 21.9 Å². The maximum atomic E-state index is 12.6. The average Bonchev–Trinajstić information content (AvgIpc) is 3.17. The molecule has 2 aromatic heterocycles. The van der Waals surface area contributed by atoms with Gasteiger partial charge in [0.15, 0.2) is 0 Å². The Hall–Kier alpha value is -2.11. The van der Waals surface area contributed by atoms with Crippen LogP contribution in [0.5, 0.6) is 0 Å². The van der Waals surface area contributed by atoms with Crippen molar-refractivity contribution in [2.24, 2.45) is 0 Å². The number of hydrogen-bond acceptors (Lipinski definition) is 3. The zero-order chi connectivity index (χ0) is 17.1. The number of aromatic nitrogens is 3. The monoisotopic (exact) mass is 406 g/mol. The van der Waals surface area contributed by atoms with E-state index in [0.717, 1.165) is 16.5 Å². The number of benzene rings is 1. The minimum Gasteiger partial charge on any atom is -0.663 e. The van der Waals surface area contributed by atoms with Crippen molar-refractivity contribution in [3.63, 3.8) is 0 Å². The molecule has 1 aliphatic heterocycles. The fraction of sp³-hybridized carbons (Fsp3) is 0.105. The Balaban J connectivity index is 0.000000726. The number of carbonyl (C=O) groups excluding carboxylic acids is 1. The van der Waals surface area contributed by atoms with Gasteiger partial charge in [-0.1, -0.05) is 32.0 Å². The summed E-state index contributed by atoms with van der Waals surface area (Å²) in [4.78, 5) is 21.1. The second-order valence-corrected chi connectivity index (χ2v) is 4.97. The summed E-state index contributed by atoms with van der Waals surface area (Å²) in [6.07, 6.45) is 6.15. The molecule has 0 spiro atoms. The van der Waals surface area contributed by atoms with Crippen LogP contribution in [0.1, 0.15) is 29.9 Å². The first kappa shape index (κ1) is 19.2. The molecule has 6 heteroatoms. The second-order valence-electron chi connectivity index (χ2n) is 4.97. The first-order chi connectivity index (χ1) is 11.7. The SMILES string of the molecule is C=C1[N-]C=C(C(=O)n2ccnc2)c2nc3ccccc3cc21.CC.[Y]. The number of carbonyl (C=O) groups is 1. The van der Waals surface area contributed by atoms with E-state index < -0.39 is 0 Å². The Morgan fingerprint density at radius 3 is 2.72 bits per heavy atom. The van der Waals surface area contributed by atoms with Gasteiger partial charge in [-0.2, -0.15) is 6.20 Å². The topological polar surface area (TPSA) is 61.9 Å². The van der Waals surface area contributed by atoms with Crippen molar-refractivity contribution < 1.29 is 37.5 Å². The van der Waals surface area contributed by atoms with E-state index in [4.69, 9.17) is 0 Å². The summed E-state index contributed by atoms with van der Waals surface area (Å²) < 4.78 is 1.41. The number of rotatable bonds is 1. The second kappa shape index (κ2) is 8.32. The average molecular weight is 406 g/mol. The van der Waals surface area contributed by atoms with Crippen LogP contribution in [-0.2, 0) is 32.7 Å². The predicted molar refractivity (Wildman–Crippen MR) is 96.3 cm³/mol. The van der Waals surface area contributed by atoms with Crippen LogP contribution in [0.25, 0.3) is 27.5 Å². The number of allylic oxidation sites excluding steroid dienone is 1. The van der Waals surface area contributed by atoms with E-state index in [1.807, 2.05) is 44.2 Å². The van der Waals surface area contributed by atoms with Crippen LogP contribution >= 0.6 is 0 Å². The molecule has 0 bridgehead atoms. The Labute approximate surface area is 171 Å². The summed E-state index contributed by atoms with van der Waals surface area (Å²) in [5.41, 5.74) is 3.27. The molecule has 0 amide bonds. The van der Waals surface area contributed by atoms with Crippen LogP contribution in [0.4, 0.5) is 0 Å². The molecule has 0 unspecified atom stereocenters. The van der Waals surface area contributed by atoms with Gasteiger partial charge in [-0.3, -0.25) is 9.36 Å². The van der Waals surface area contributed by atoms with E-state index in [0.29, 0.717) is 17.0 Å². The van der Waals surface area contributed by atoms with Crippen LogP contribution in [0.3, 0.4) is 0 Å². The maximum Gasteiger partial charge on any atom is 0.263 e. The molecule has 3 aromatic rings. The normalized spacial score (nSPS) is 12.1. The summed E-state index contributed by atoms with van der Waals surface area (Å²) in [6, 6.07) is 9.74. The Morgan fingerprint density at radius 2 is 2.00 bits per heavy atom. The van der Waals surface area contributed by atoms with Gasteiger partial charge in [-0.25, -0.2) is 9.97 Å². The minimum absolute atomic E-state index is 0. The Morgan fingerprint density at radius 1 is 1.24 bits per heavy atom. The summed E-state index contributed by atoms with van der Waals surface area (Å²) >= 11 is 0. The van der Waals surface area contributed by atoms with Crippen molar-refractivity contribution in [2.45, 2.75) is 13.8 Å². The Kier molecular flexibility index (Phi) is 6.40. The molecule has 25 heavy (non-hydrogen) atoms. The third-order valence-corrected chi connectivity index (χ3v) is 3.61. The van der Waals surface area contributed by atoms with E-state index in [1.54, 1.807) is 12.4 Å². The van der Waals surface area contributed by atoms with Gasteiger partial charge in [-0.15, -0.1) is 12.3 Å². The van der Waals surface area contributed by atoms with E-state index in [9.17, 15) is 4.79 Å². The number of para-hydroxylation sites is 1. The smallest absolute Gasteiger partial charge is 0.263 e. The summed E-state index contributed by atoms with van der Waals surface area (Å²) in [7, 11) is 0. The van der Waals surface area contributed by atoms with Gasteiger partial charge in [0.1, 0.15) is 6.33 Å². The van der Waals surface area contributed by atoms with Crippen molar-refractivity contribution in [3.05, 3.63) is 78.4 Å². The third-order valence-electron chi connectivity index (χ3n) is 3.61. The van der Waals surface area contributed by atoms with Crippen LogP contribution < -0.4 is 0 Å². The molecule has 0 atom stereocenters. The Bertz CT molecular complexity index is 945. The molecule has 0 fully saturated rings. The number of pyridine rings is 1. The zero-order valence-electron chi connectivity index (χ0n) is 14.2. The van der Waals surface area contributed by atoms with Crippen molar-refractivity contribution in [2.75, 3.05) is 0 Å².